The molecular weight excluding hydrogens is 922 g/mol. The summed E-state index contributed by atoms with van der Waals surface area (Å²) < 4.78 is 36.2. The lowest BCUT2D eigenvalue weighted by Crippen LogP contribution is -2.57. The van der Waals surface area contributed by atoms with E-state index in [-0.39, 0.29) is 16.2 Å². The third kappa shape index (κ3) is 6.93. The summed E-state index contributed by atoms with van der Waals surface area (Å²) in [5.41, 5.74) is 16.0. The number of hydrogen-bond donors (Lipinski definition) is 2. The molecule has 13 heteroatoms. The second-order valence-corrected chi connectivity index (χ2v) is 24.1. The van der Waals surface area contributed by atoms with Crippen LogP contribution in [0.25, 0.3) is 95.3 Å². The Kier molecular flexibility index (Phi) is 10.2. The van der Waals surface area contributed by atoms with Crippen LogP contribution in [0.15, 0.2) is 89.6 Å². The minimum Gasteiger partial charge on any atom is -0.464 e. The molecule has 0 saturated carbocycles. The van der Waals surface area contributed by atoms with E-state index in [0.29, 0.717) is 75.8 Å². The van der Waals surface area contributed by atoms with Crippen LogP contribution in [0.3, 0.4) is 0 Å². The van der Waals surface area contributed by atoms with Crippen LogP contribution in [-0.2, 0) is 22.7 Å². The van der Waals surface area contributed by atoms with Crippen LogP contribution < -0.4 is 0 Å². The highest BCUT2D eigenvalue weighted by Crippen LogP contribution is 2.52. The maximum atomic E-state index is 17.4. The van der Waals surface area contributed by atoms with Gasteiger partial charge in [0.15, 0.2) is 23.3 Å². The van der Waals surface area contributed by atoms with E-state index < -0.39 is 13.0 Å². The summed E-state index contributed by atoms with van der Waals surface area (Å²) in [5.74, 6) is 2.07. The highest BCUT2D eigenvalue weighted by Gasteiger charge is 2.50. The first-order valence-corrected chi connectivity index (χ1v) is 26.3. The van der Waals surface area contributed by atoms with E-state index in [9.17, 15) is 0 Å². The Morgan fingerprint density at radius 1 is 0.541 bits per heavy atom. The van der Waals surface area contributed by atoms with Crippen LogP contribution >= 0.6 is 0 Å². The van der Waals surface area contributed by atoms with Crippen molar-refractivity contribution in [1.82, 2.24) is 49.2 Å². The Hall–Kier alpha value is -7.28. The fraction of sp³-hybridized carbons (Fsp3) is 0.344. The molecular formula is C61H64BF2N10-. The standard InChI is InChI=1S/C61H64BF2N10/c1-16-38-30(3)49-48(50-31(4)39(17-2)33(6)74(50)62(63,64)73(49)32(38)5)34-18-22-40-44(26-34)55-65-51(40)67-56-46-28-36(60(10,11)12)20-24-42(46)53(69-56)71-58-47-29-37(61(13,14)15)21-25-43(47)54(72-58)70-57-45-27-35(59(7,8)9)19-23-41(45)52(66-55)68-57/h18-29,32H,16-17H2,1-15H3,(H2,65,66,67,68,69,70,71,72)/q-1. The largest absolute Gasteiger partial charge is 0.529 e. The lowest BCUT2D eigenvalue weighted by atomic mass is 9.82. The molecule has 4 aromatic carbocycles. The van der Waals surface area contributed by atoms with E-state index in [0.717, 1.165) is 88.3 Å². The van der Waals surface area contributed by atoms with Gasteiger partial charge in [-0.2, -0.15) is 0 Å². The van der Waals surface area contributed by atoms with Gasteiger partial charge in [-0.25, -0.2) is 29.9 Å². The molecule has 12 rings (SSSR count). The van der Waals surface area contributed by atoms with E-state index in [1.165, 1.54) is 14.9 Å². The van der Waals surface area contributed by atoms with Gasteiger partial charge in [-0.05, 0) is 137 Å². The monoisotopic (exact) mass is 986 g/mol. The zero-order chi connectivity index (χ0) is 52.5. The smallest absolute Gasteiger partial charge is 0.464 e. The average Bonchev–Trinajstić information content (AvgIpc) is 4.18. The lowest BCUT2D eigenvalue weighted by molar-refractivity contribution is 0.345. The third-order valence-electron chi connectivity index (χ3n) is 16.4. The molecule has 0 aliphatic carbocycles. The van der Waals surface area contributed by atoms with E-state index in [2.05, 4.69) is 152 Å². The molecule has 1 atom stereocenters. The van der Waals surface area contributed by atoms with Crippen LogP contribution in [0.4, 0.5) is 8.63 Å². The number of nitrogens with zero attached hydrogens (tertiary/aromatic N) is 8. The maximum absolute atomic E-state index is 17.4. The van der Waals surface area contributed by atoms with Gasteiger partial charge in [0.05, 0.1) is 0 Å². The minimum atomic E-state index is -4.17. The van der Waals surface area contributed by atoms with Gasteiger partial charge >= 0.3 is 6.97 Å². The summed E-state index contributed by atoms with van der Waals surface area (Å²) in [6.07, 6.45) is 1.32. The van der Waals surface area contributed by atoms with Gasteiger partial charge in [-0.3, -0.25) is 0 Å². The quantitative estimate of drug-likeness (QED) is 0.169. The summed E-state index contributed by atoms with van der Waals surface area (Å²) in [6, 6.07) is 25.2. The zero-order valence-corrected chi connectivity index (χ0v) is 45.3. The first-order valence-electron chi connectivity index (χ1n) is 26.3. The number of aromatic amines is 2. The molecule has 0 radical (unpaired) electrons. The van der Waals surface area contributed by atoms with Gasteiger partial charge in [0.2, 0.25) is 0 Å². The fourth-order valence-electron chi connectivity index (χ4n) is 12.3. The summed E-state index contributed by atoms with van der Waals surface area (Å²) in [5, 5.41) is 3.42. The van der Waals surface area contributed by atoms with Crippen LogP contribution in [0.5, 0.6) is 0 Å². The van der Waals surface area contributed by atoms with Gasteiger partial charge in [-0.1, -0.05) is 119 Å². The molecule has 0 spiro atoms. The van der Waals surface area contributed by atoms with Crippen LogP contribution in [0, 0.1) is 13.8 Å². The number of fused-ring (bicyclic) bond motifs is 22. The van der Waals surface area contributed by atoms with Crippen molar-refractivity contribution >= 4 is 56.7 Å². The highest BCUT2D eigenvalue weighted by atomic mass is 19.2. The minimum absolute atomic E-state index is 0.118. The molecule has 4 aliphatic rings. The molecule has 4 aromatic heterocycles. The van der Waals surface area contributed by atoms with E-state index in [1.54, 1.807) is 0 Å². The number of nitrogens with one attached hydrogen (secondary N) is 2. The molecule has 10 nitrogen and oxygen atoms in total. The lowest BCUT2D eigenvalue weighted by Gasteiger charge is -2.49. The van der Waals surface area contributed by atoms with Gasteiger partial charge in [-0.15, -0.1) is 0 Å². The Balaban J connectivity index is 1.23. The molecule has 8 bridgehead atoms. The number of benzene rings is 4. The number of allylic oxidation sites excluding steroid dienone is 1. The first kappa shape index (κ1) is 47.7. The third-order valence-corrected chi connectivity index (χ3v) is 16.4. The average molecular weight is 986 g/mol. The molecule has 2 N–H and O–H groups in total. The molecule has 8 heterocycles. The molecule has 0 fully saturated rings. The van der Waals surface area contributed by atoms with Crippen molar-refractivity contribution in [3.63, 3.8) is 0 Å². The van der Waals surface area contributed by atoms with Crippen molar-refractivity contribution < 1.29 is 8.63 Å². The number of aromatic nitrogens is 9. The predicted octanol–water partition coefficient (Wildman–Crippen LogP) is 15.2. The summed E-state index contributed by atoms with van der Waals surface area (Å²) in [6.45, 7) is 27.6. The second kappa shape index (κ2) is 15.9. The first-order chi connectivity index (χ1) is 34.9. The van der Waals surface area contributed by atoms with Crippen molar-refractivity contribution in [2.75, 3.05) is 0 Å². The van der Waals surface area contributed by atoms with Crippen molar-refractivity contribution in [3.8, 4) is 45.6 Å². The molecule has 4 aliphatic heterocycles. The van der Waals surface area contributed by atoms with Crippen LogP contribution in [-0.4, -0.2) is 62.2 Å². The normalized spacial score (nSPS) is 16.4. The fourth-order valence-corrected chi connectivity index (χ4v) is 12.3. The summed E-state index contributed by atoms with van der Waals surface area (Å²) >= 11 is 0. The molecule has 0 saturated heterocycles. The number of rotatable bonds is 3. The van der Waals surface area contributed by atoms with Crippen molar-refractivity contribution in [3.05, 3.63) is 134 Å². The summed E-state index contributed by atoms with van der Waals surface area (Å²) in [4.78, 5) is 40.9. The number of halogens is 2. The van der Waals surface area contributed by atoms with E-state index in [1.807, 2.05) is 34.6 Å². The number of hydrogen-bond acceptors (Lipinski definition) is 7. The molecule has 376 valence electrons. The molecule has 0 amide bonds. The Morgan fingerprint density at radius 3 is 1.47 bits per heavy atom. The molecule has 1 unspecified atom stereocenters. The van der Waals surface area contributed by atoms with Crippen LogP contribution in [0.1, 0.15) is 141 Å². The Bertz CT molecular complexity index is 4010. The van der Waals surface area contributed by atoms with Gasteiger partial charge in [0.1, 0.15) is 22.6 Å². The Morgan fingerprint density at radius 2 is 0.986 bits per heavy atom. The maximum Gasteiger partial charge on any atom is 0.529 e. The predicted molar refractivity (Wildman–Crippen MR) is 299 cm³/mol. The van der Waals surface area contributed by atoms with Crippen molar-refractivity contribution in [2.24, 2.45) is 0 Å². The molecule has 74 heavy (non-hydrogen) atoms. The SMILES string of the molecule is CCC1=C(C)C2=C(c3ccc4c5nc6nc(nc7[nH]c(nc8nc(nc([nH]5)c4c3)-c3ccc(C(C)(C)C)cc3-8)c3ccc(C(C)(C)C)cc73)-c3ccc(C(C)(C)C)cc3-6)c3c(C)c(CC)c(C)n3[B-](F)(F)N2C1C. The van der Waals surface area contributed by atoms with Gasteiger partial charge in [0.25, 0.3) is 0 Å². The second-order valence-electron chi connectivity index (χ2n) is 24.1. The molecule has 8 aromatic rings. The van der Waals surface area contributed by atoms with E-state index in [4.69, 9.17) is 29.9 Å². The summed E-state index contributed by atoms with van der Waals surface area (Å²) in [7, 11) is 0. The highest BCUT2D eigenvalue weighted by molar-refractivity contribution is 6.63. The topological polar surface area (TPSA) is 117 Å². The van der Waals surface area contributed by atoms with Gasteiger partial charge in [0, 0.05) is 66.8 Å². The van der Waals surface area contributed by atoms with Crippen molar-refractivity contribution in [2.45, 2.75) is 139 Å². The number of H-pyrrole nitrogens is 2. The van der Waals surface area contributed by atoms with Crippen molar-refractivity contribution in [1.29, 1.82) is 0 Å². The zero-order valence-electron chi connectivity index (χ0n) is 45.3. The van der Waals surface area contributed by atoms with Gasteiger partial charge < -0.3 is 27.9 Å². The Labute approximate surface area is 431 Å². The van der Waals surface area contributed by atoms with E-state index >= 15 is 8.63 Å². The van der Waals surface area contributed by atoms with Crippen LogP contribution in [0.2, 0.25) is 0 Å².